The molecule has 0 spiro atoms. The van der Waals surface area contributed by atoms with Crippen LogP contribution in [0.15, 0.2) is 0 Å². The van der Waals surface area contributed by atoms with Gasteiger partial charge in [-0.3, -0.25) is 0 Å². The van der Waals surface area contributed by atoms with Gasteiger partial charge in [0.1, 0.15) is 0 Å². The van der Waals surface area contributed by atoms with Crippen molar-refractivity contribution in [3.05, 3.63) is 0 Å². The van der Waals surface area contributed by atoms with Gasteiger partial charge in [-0.25, -0.2) is 19.2 Å². The largest absolute Gasteiger partial charge is 0.473 e. The monoisotopic (exact) mass is 288 g/mol. The van der Waals surface area contributed by atoms with Gasteiger partial charge in [0.05, 0.1) is 0 Å². The summed E-state index contributed by atoms with van der Waals surface area (Å²) in [4.78, 5) is 36.4. The Kier molecular flexibility index (Phi) is 19.2. The van der Waals surface area contributed by atoms with Crippen molar-refractivity contribution in [3.8, 4) is 0 Å². The fourth-order valence-electron chi connectivity index (χ4n) is 0. The number of hydrogen-bond acceptors (Lipinski definition) is 4. The number of carboxylic acid groups (broad SMARTS) is 4. The standard InChI is InChI=1S/2C2H2O4.H2O.Zr/c2*3-1(4)2(5)6;;/h2*(H,3,4)(H,5,6);1H2;. The van der Waals surface area contributed by atoms with Crippen LogP contribution in [0.5, 0.6) is 0 Å². The average Bonchev–Trinajstić information content (AvgIpc) is 1.88. The zero-order valence-electron chi connectivity index (χ0n) is 6.42. The number of carboxylic acids is 4. The SMILES string of the molecule is O.O=C(O)C(=O)O.O=C(O)C(=O)O.[Zr]. The van der Waals surface area contributed by atoms with E-state index in [9.17, 15) is 0 Å². The van der Waals surface area contributed by atoms with Gasteiger partial charge < -0.3 is 25.9 Å². The van der Waals surface area contributed by atoms with Gasteiger partial charge >= 0.3 is 23.9 Å². The summed E-state index contributed by atoms with van der Waals surface area (Å²) in [6, 6.07) is 0. The van der Waals surface area contributed by atoms with E-state index in [4.69, 9.17) is 39.6 Å². The van der Waals surface area contributed by atoms with E-state index in [2.05, 4.69) is 0 Å². The molecule has 0 amide bonds. The Morgan fingerprint density at radius 3 is 0.643 bits per heavy atom. The van der Waals surface area contributed by atoms with Crippen LogP contribution in [0.4, 0.5) is 0 Å². The van der Waals surface area contributed by atoms with Gasteiger partial charge in [0, 0.05) is 26.2 Å². The van der Waals surface area contributed by atoms with Crippen molar-refractivity contribution in [2.75, 3.05) is 0 Å². The van der Waals surface area contributed by atoms with E-state index in [1.807, 2.05) is 0 Å². The minimum atomic E-state index is -1.82. The molecule has 0 aliphatic carbocycles. The summed E-state index contributed by atoms with van der Waals surface area (Å²) in [5.41, 5.74) is 0. The summed E-state index contributed by atoms with van der Waals surface area (Å²) < 4.78 is 0. The van der Waals surface area contributed by atoms with Crippen LogP contribution in [-0.4, -0.2) is 49.8 Å². The van der Waals surface area contributed by atoms with Crippen LogP contribution in [0.3, 0.4) is 0 Å². The van der Waals surface area contributed by atoms with Crippen molar-refractivity contribution in [3.63, 3.8) is 0 Å². The molecule has 0 aliphatic rings. The molecule has 0 bridgehead atoms. The minimum absolute atomic E-state index is 0. The van der Waals surface area contributed by atoms with Gasteiger partial charge in [0.2, 0.25) is 0 Å². The molecule has 0 aliphatic heterocycles. The Hall–Kier alpha value is -1.28. The second kappa shape index (κ2) is 11.7. The molecule has 80 valence electrons. The molecule has 0 fully saturated rings. The van der Waals surface area contributed by atoms with E-state index in [-0.39, 0.29) is 31.7 Å². The number of aliphatic carboxylic acids is 4. The summed E-state index contributed by atoms with van der Waals surface area (Å²) in [6.07, 6.45) is 0. The molecule has 0 aromatic carbocycles. The molecular weight excluding hydrogens is 283 g/mol. The summed E-state index contributed by atoms with van der Waals surface area (Å²) in [7, 11) is 0. The molecule has 0 rings (SSSR count). The van der Waals surface area contributed by atoms with Crippen molar-refractivity contribution >= 4 is 23.9 Å². The second-order valence-electron chi connectivity index (χ2n) is 1.22. The van der Waals surface area contributed by atoms with Crippen LogP contribution in [0.1, 0.15) is 0 Å². The molecule has 0 aromatic rings. The van der Waals surface area contributed by atoms with Gasteiger partial charge in [-0.15, -0.1) is 0 Å². The van der Waals surface area contributed by atoms with Crippen LogP contribution in [0, 0.1) is 0 Å². The Morgan fingerprint density at radius 2 is 0.643 bits per heavy atom. The molecule has 0 saturated heterocycles. The molecule has 0 saturated carbocycles. The third-order valence-electron chi connectivity index (χ3n) is 0.366. The molecule has 9 nitrogen and oxygen atoms in total. The second-order valence-corrected chi connectivity index (χ2v) is 1.22. The van der Waals surface area contributed by atoms with Gasteiger partial charge in [0.25, 0.3) is 0 Å². The van der Waals surface area contributed by atoms with Gasteiger partial charge in [-0.05, 0) is 0 Å². The van der Waals surface area contributed by atoms with E-state index in [0.29, 0.717) is 0 Å². The molecule has 6 N–H and O–H groups in total. The molecular formula is C4H6O9Zr. The topological polar surface area (TPSA) is 181 Å². The summed E-state index contributed by atoms with van der Waals surface area (Å²) in [5, 5.41) is 29.6. The van der Waals surface area contributed by atoms with E-state index in [1.165, 1.54) is 0 Å². The molecule has 0 aromatic heterocycles. The van der Waals surface area contributed by atoms with Crippen LogP contribution in [0.2, 0.25) is 0 Å². The van der Waals surface area contributed by atoms with E-state index in [1.54, 1.807) is 0 Å². The summed E-state index contributed by atoms with van der Waals surface area (Å²) in [5.74, 6) is -7.30. The average molecular weight is 289 g/mol. The molecule has 0 heterocycles. The first kappa shape index (κ1) is 23.0. The summed E-state index contributed by atoms with van der Waals surface area (Å²) in [6.45, 7) is 0. The van der Waals surface area contributed by atoms with E-state index < -0.39 is 23.9 Å². The van der Waals surface area contributed by atoms with Gasteiger partial charge in [-0.2, -0.15) is 0 Å². The predicted molar refractivity (Wildman–Crippen MR) is 34.2 cm³/mol. The van der Waals surface area contributed by atoms with Crippen LogP contribution in [-0.2, 0) is 45.4 Å². The smallest absolute Gasteiger partial charge is 0.414 e. The van der Waals surface area contributed by atoms with Crippen molar-refractivity contribution in [2.45, 2.75) is 0 Å². The number of hydrogen-bond donors (Lipinski definition) is 4. The molecule has 14 heavy (non-hydrogen) atoms. The van der Waals surface area contributed by atoms with E-state index >= 15 is 0 Å². The number of carbonyl (C=O) groups is 4. The first-order valence-corrected chi connectivity index (χ1v) is 2.21. The normalized spacial score (nSPS) is 6.29. The van der Waals surface area contributed by atoms with Crippen LogP contribution < -0.4 is 0 Å². The molecule has 0 unspecified atom stereocenters. The van der Waals surface area contributed by atoms with Crippen LogP contribution in [0.25, 0.3) is 0 Å². The minimum Gasteiger partial charge on any atom is -0.473 e. The quantitative estimate of drug-likeness (QED) is 0.352. The maximum atomic E-state index is 9.10. The van der Waals surface area contributed by atoms with Crippen molar-refractivity contribution in [2.24, 2.45) is 0 Å². The fourth-order valence-corrected chi connectivity index (χ4v) is 0. The maximum absolute atomic E-state index is 9.10. The van der Waals surface area contributed by atoms with Gasteiger partial charge in [-0.1, -0.05) is 0 Å². The molecule has 10 heteroatoms. The Bertz CT molecular complexity index is 173. The first-order chi connectivity index (χ1) is 5.29. The van der Waals surface area contributed by atoms with E-state index in [0.717, 1.165) is 0 Å². The van der Waals surface area contributed by atoms with Crippen LogP contribution >= 0.6 is 0 Å². The predicted octanol–water partition coefficient (Wildman–Crippen LogP) is -2.52. The Labute approximate surface area is 95.4 Å². The zero-order chi connectivity index (χ0) is 10.3. The van der Waals surface area contributed by atoms with Crippen molar-refractivity contribution < 1.29 is 71.3 Å². The third-order valence-corrected chi connectivity index (χ3v) is 0.366. The molecule has 0 atom stereocenters. The third kappa shape index (κ3) is 22.4. The summed E-state index contributed by atoms with van der Waals surface area (Å²) >= 11 is 0. The van der Waals surface area contributed by atoms with Crippen molar-refractivity contribution in [1.29, 1.82) is 0 Å². The Morgan fingerprint density at radius 1 is 0.571 bits per heavy atom. The number of rotatable bonds is 0. The van der Waals surface area contributed by atoms with Gasteiger partial charge in [0.15, 0.2) is 0 Å². The molecule has 0 radical (unpaired) electrons. The first-order valence-electron chi connectivity index (χ1n) is 2.21. The Balaban J connectivity index is -0.0000000625. The van der Waals surface area contributed by atoms with Crippen molar-refractivity contribution in [1.82, 2.24) is 0 Å². The zero-order valence-corrected chi connectivity index (χ0v) is 8.88. The fraction of sp³-hybridized carbons (Fsp3) is 0. The maximum Gasteiger partial charge on any atom is 0.414 e.